The number of hydrogen-bond donors (Lipinski definition) is 1. The number of carbonyl (C=O) groups excluding carboxylic acids is 1. The van der Waals surface area contributed by atoms with Gasteiger partial charge >= 0.3 is 0 Å². The highest BCUT2D eigenvalue weighted by atomic mass is 127. The Morgan fingerprint density at radius 3 is 2.52 bits per heavy atom. The Morgan fingerprint density at radius 2 is 1.92 bits per heavy atom. The number of rotatable bonds is 6. The fourth-order valence-electron chi connectivity index (χ4n) is 2.00. The Hall–Kier alpha value is -2.69. The first-order valence-corrected chi connectivity index (χ1v) is 8.03. The van der Waals surface area contributed by atoms with Crippen LogP contribution in [0, 0.1) is 13.7 Å². The molecule has 0 aliphatic heterocycles. The molecule has 2 aromatic carbocycles. The fourth-order valence-corrected chi connectivity index (χ4v) is 2.54. The zero-order valence-electron chi connectivity index (χ0n) is 13.4. The molecule has 130 valence electrons. The van der Waals surface area contributed by atoms with Gasteiger partial charge in [0.15, 0.2) is 11.5 Å². The molecule has 25 heavy (non-hydrogen) atoms. The van der Waals surface area contributed by atoms with Gasteiger partial charge in [0.1, 0.15) is 0 Å². The molecule has 0 bridgehead atoms. The van der Waals surface area contributed by atoms with Crippen LogP contribution in [0.5, 0.6) is 11.5 Å². The summed E-state index contributed by atoms with van der Waals surface area (Å²) >= 11 is 2.09. The van der Waals surface area contributed by atoms with Gasteiger partial charge in [0.25, 0.3) is 11.6 Å². The third-order valence-corrected chi connectivity index (χ3v) is 3.86. The summed E-state index contributed by atoms with van der Waals surface area (Å²) in [6, 6.07) is 9.60. The van der Waals surface area contributed by atoms with Gasteiger partial charge in [-0.2, -0.15) is 5.10 Å². The summed E-state index contributed by atoms with van der Waals surface area (Å²) in [5.41, 5.74) is 2.73. The van der Waals surface area contributed by atoms with Gasteiger partial charge < -0.3 is 9.47 Å². The molecule has 0 saturated carbocycles. The van der Waals surface area contributed by atoms with Gasteiger partial charge in [0.05, 0.1) is 37.0 Å². The van der Waals surface area contributed by atoms with Crippen molar-refractivity contribution >= 4 is 40.4 Å². The van der Waals surface area contributed by atoms with Gasteiger partial charge in [-0.1, -0.05) is 6.07 Å². The van der Waals surface area contributed by atoms with Crippen LogP contribution < -0.4 is 14.9 Å². The SMILES string of the molecule is COc1cc(/C=N\NC(=O)c2cccc(I)c2)c([N+](=O)[O-])cc1OC. The van der Waals surface area contributed by atoms with Crippen molar-refractivity contribution in [1.82, 2.24) is 5.43 Å². The number of ether oxygens (including phenoxy) is 2. The molecule has 0 aliphatic carbocycles. The number of nitrogens with one attached hydrogen (secondary N) is 1. The summed E-state index contributed by atoms with van der Waals surface area (Å²) in [6.07, 6.45) is 1.19. The number of hydrogen-bond acceptors (Lipinski definition) is 6. The van der Waals surface area contributed by atoms with Gasteiger partial charge in [0.2, 0.25) is 0 Å². The Morgan fingerprint density at radius 1 is 1.24 bits per heavy atom. The number of nitrogens with zero attached hydrogens (tertiary/aromatic N) is 2. The standard InChI is InChI=1S/C16H14IN3O5/c1-24-14-7-11(13(20(22)23)8-15(14)25-2)9-18-19-16(21)10-4-3-5-12(17)6-10/h3-9H,1-2H3,(H,19,21)/b18-9-. The van der Waals surface area contributed by atoms with E-state index in [1.54, 1.807) is 18.2 Å². The molecule has 0 unspecified atom stereocenters. The number of amides is 1. The maximum absolute atomic E-state index is 12.0. The Bertz CT molecular complexity index is 839. The summed E-state index contributed by atoms with van der Waals surface area (Å²) in [5, 5.41) is 15.0. The molecule has 9 heteroatoms. The van der Waals surface area contributed by atoms with Crippen molar-refractivity contribution in [3.8, 4) is 11.5 Å². The van der Waals surface area contributed by atoms with E-state index in [4.69, 9.17) is 9.47 Å². The van der Waals surface area contributed by atoms with E-state index in [0.29, 0.717) is 11.3 Å². The highest BCUT2D eigenvalue weighted by Gasteiger charge is 2.18. The number of nitro benzene ring substituents is 1. The molecule has 0 aliphatic rings. The van der Waals surface area contributed by atoms with E-state index >= 15 is 0 Å². The van der Waals surface area contributed by atoms with Crippen LogP contribution in [0.3, 0.4) is 0 Å². The van der Waals surface area contributed by atoms with E-state index < -0.39 is 10.8 Å². The second-order valence-electron chi connectivity index (χ2n) is 4.73. The van der Waals surface area contributed by atoms with Crippen molar-refractivity contribution in [2.45, 2.75) is 0 Å². The van der Waals surface area contributed by atoms with Crippen molar-refractivity contribution in [2.24, 2.45) is 5.10 Å². The van der Waals surface area contributed by atoms with Gasteiger partial charge in [-0.15, -0.1) is 0 Å². The summed E-state index contributed by atoms with van der Waals surface area (Å²) in [6.45, 7) is 0. The van der Waals surface area contributed by atoms with Gasteiger partial charge in [-0.25, -0.2) is 5.43 Å². The van der Waals surface area contributed by atoms with E-state index in [9.17, 15) is 14.9 Å². The smallest absolute Gasteiger partial charge is 0.282 e. The van der Waals surface area contributed by atoms with Crippen molar-refractivity contribution in [3.05, 3.63) is 61.2 Å². The average Bonchev–Trinajstić information content (AvgIpc) is 2.60. The molecule has 0 spiro atoms. The second-order valence-corrected chi connectivity index (χ2v) is 5.98. The first-order valence-electron chi connectivity index (χ1n) is 6.95. The largest absolute Gasteiger partial charge is 0.493 e. The quantitative estimate of drug-likeness (QED) is 0.312. The molecule has 0 atom stereocenters. The lowest BCUT2D eigenvalue weighted by atomic mass is 10.1. The van der Waals surface area contributed by atoms with E-state index in [2.05, 4.69) is 33.1 Å². The number of hydrazone groups is 1. The molecule has 1 N–H and O–H groups in total. The van der Waals surface area contributed by atoms with E-state index in [1.807, 2.05) is 6.07 Å². The van der Waals surface area contributed by atoms with E-state index in [0.717, 1.165) is 3.57 Å². The predicted octanol–water partition coefficient (Wildman–Crippen LogP) is 2.98. The van der Waals surface area contributed by atoms with Crippen molar-refractivity contribution in [3.63, 3.8) is 0 Å². The van der Waals surface area contributed by atoms with Gasteiger partial charge in [-0.3, -0.25) is 14.9 Å². The Balaban J connectivity index is 2.25. The predicted molar refractivity (Wildman–Crippen MR) is 100 cm³/mol. The van der Waals surface area contributed by atoms with Crippen molar-refractivity contribution < 1.29 is 19.2 Å². The highest BCUT2D eigenvalue weighted by Crippen LogP contribution is 2.33. The summed E-state index contributed by atoms with van der Waals surface area (Å²) < 4.78 is 11.1. The van der Waals surface area contributed by atoms with Crippen LogP contribution in [0.25, 0.3) is 0 Å². The molecule has 0 heterocycles. The first-order chi connectivity index (χ1) is 12.0. The van der Waals surface area contributed by atoms with Crippen molar-refractivity contribution in [2.75, 3.05) is 14.2 Å². The molecular formula is C16H14IN3O5. The number of nitro groups is 1. The summed E-state index contributed by atoms with van der Waals surface area (Å²) in [7, 11) is 2.81. The molecule has 2 aromatic rings. The lowest BCUT2D eigenvalue weighted by molar-refractivity contribution is -0.385. The minimum Gasteiger partial charge on any atom is -0.493 e. The number of halogens is 1. The minimum absolute atomic E-state index is 0.172. The molecule has 0 fully saturated rings. The molecule has 8 nitrogen and oxygen atoms in total. The third kappa shape index (κ3) is 4.66. The minimum atomic E-state index is -0.565. The lowest BCUT2D eigenvalue weighted by Crippen LogP contribution is -2.17. The maximum atomic E-state index is 12.0. The fraction of sp³-hybridized carbons (Fsp3) is 0.125. The Kier molecular flexibility index (Phi) is 6.28. The van der Waals surface area contributed by atoms with Crippen molar-refractivity contribution in [1.29, 1.82) is 0 Å². The molecule has 0 saturated heterocycles. The molecule has 2 rings (SSSR count). The van der Waals surface area contributed by atoms with Crippen LogP contribution in [0.2, 0.25) is 0 Å². The van der Waals surface area contributed by atoms with Gasteiger partial charge in [0, 0.05) is 9.13 Å². The van der Waals surface area contributed by atoms with E-state index in [-0.39, 0.29) is 17.0 Å². The zero-order valence-corrected chi connectivity index (χ0v) is 15.5. The first kappa shape index (κ1) is 18.6. The second kappa shape index (κ2) is 8.42. The van der Waals surface area contributed by atoms with Crippen LogP contribution in [-0.4, -0.2) is 31.3 Å². The van der Waals surface area contributed by atoms with Crippen LogP contribution in [0.4, 0.5) is 5.69 Å². The molecule has 1 amide bonds. The molecule has 0 aromatic heterocycles. The summed E-state index contributed by atoms with van der Waals surface area (Å²) in [5.74, 6) is 0.130. The third-order valence-electron chi connectivity index (χ3n) is 3.19. The molecule has 0 radical (unpaired) electrons. The molecular weight excluding hydrogens is 441 g/mol. The number of methoxy groups -OCH3 is 2. The lowest BCUT2D eigenvalue weighted by Gasteiger charge is -2.08. The highest BCUT2D eigenvalue weighted by molar-refractivity contribution is 14.1. The number of benzene rings is 2. The Labute approximate surface area is 157 Å². The maximum Gasteiger partial charge on any atom is 0.282 e. The van der Waals surface area contributed by atoms with Gasteiger partial charge in [-0.05, 0) is 46.9 Å². The van der Waals surface area contributed by atoms with E-state index in [1.165, 1.54) is 32.6 Å². The van der Waals surface area contributed by atoms with Crippen LogP contribution in [0.1, 0.15) is 15.9 Å². The zero-order chi connectivity index (χ0) is 18.4. The normalized spacial score (nSPS) is 10.5. The number of carbonyl (C=O) groups is 1. The monoisotopic (exact) mass is 455 g/mol. The van der Waals surface area contributed by atoms with Crippen LogP contribution in [-0.2, 0) is 0 Å². The topological polar surface area (TPSA) is 103 Å². The van der Waals surface area contributed by atoms with Crippen LogP contribution in [0.15, 0.2) is 41.5 Å². The summed E-state index contributed by atoms with van der Waals surface area (Å²) in [4.78, 5) is 22.7. The van der Waals surface area contributed by atoms with Crippen LogP contribution >= 0.6 is 22.6 Å². The average molecular weight is 455 g/mol.